The summed E-state index contributed by atoms with van der Waals surface area (Å²) in [6, 6.07) is 14.9. The lowest BCUT2D eigenvalue weighted by Gasteiger charge is -2.34. The number of aryl methyl sites for hydroxylation is 1. The van der Waals surface area contributed by atoms with Crippen LogP contribution in [0.5, 0.6) is 0 Å². The fourth-order valence-electron chi connectivity index (χ4n) is 4.10. The van der Waals surface area contributed by atoms with Gasteiger partial charge in [-0.05, 0) is 49.6 Å². The van der Waals surface area contributed by atoms with Gasteiger partial charge in [-0.3, -0.25) is 9.69 Å². The molecule has 2 heterocycles. The number of carbonyl (C=O) groups excluding carboxylic acids is 1. The Hall–Kier alpha value is -2.22. The summed E-state index contributed by atoms with van der Waals surface area (Å²) >= 11 is 0. The Kier molecular flexibility index (Phi) is 6.22. The van der Waals surface area contributed by atoms with Crippen molar-refractivity contribution in [2.24, 2.45) is 0 Å². The van der Waals surface area contributed by atoms with Gasteiger partial charge in [-0.2, -0.15) is 4.31 Å². The first kappa shape index (κ1) is 21.0. The molecule has 30 heavy (non-hydrogen) atoms. The normalized spacial score (nSPS) is 18.6. The van der Waals surface area contributed by atoms with Gasteiger partial charge in [0.2, 0.25) is 10.0 Å². The first-order valence-electron chi connectivity index (χ1n) is 10.6. The zero-order chi connectivity index (χ0) is 21.1. The van der Waals surface area contributed by atoms with Crippen LogP contribution >= 0.6 is 0 Å². The fraction of sp³-hybridized carbons (Fsp3) is 0.435. The Labute approximate surface area is 179 Å². The average molecular weight is 428 g/mol. The van der Waals surface area contributed by atoms with Crippen LogP contribution in [0.4, 0.5) is 0 Å². The summed E-state index contributed by atoms with van der Waals surface area (Å²) in [5, 5.41) is 0. The molecular formula is C23H29N3O3S. The number of likely N-dealkylation sites (tertiary alicyclic amines) is 1. The molecule has 0 unspecified atom stereocenters. The predicted octanol–water partition coefficient (Wildman–Crippen LogP) is 2.74. The summed E-state index contributed by atoms with van der Waals surface area (Å²) in [5.74, 6) is 0.119. The molecule has 160 valence electrons. The zero-order valence-corrected chi connectivity index (χ0v) is 18.3. The lowest BCUT2D eigenvalue weighted by Crippen LogP contribution is -2.48. The van der Waals surface area contributed by atoms with Gasteiger partial charge in [0.1, 0.15) is 0 Å². The minimum absolute atomic E-state index is 0.119. The van der Waals surface area contributed by atoms with Crippen molar-refractivity contribution in [2.45, 2.75) is 31.2 Å². The monoisotopic (exact) mass is 427 g/mol. The second kappa shape index (κ2) is 8.88. The Balaban J connectivity index is 1.32. The fourth-order valence-corrected chi connectivity index (χ4v) is 5.52. The lowest BCUT2D eigenvalue weighted by molar-refractivity contribution is 0.0793. The lowest BCUT2D eigenvalue weighted by atomic mass is 10.1. The van der Waals surface area contributed by atoms with Crippen molar-refractivity contribution >= 4 is 15.9 Å². The third-order valence-corrected chi connectivity index (χ3v) is 7.90. The molecule has 0 aliphatic carbocycles. The van der Waals surface area contributed by atoms with Gasteiger partial charge in [0.05, 0.1) is 4.90 Å². The van der Waals surface area contributed by atoms with E-state index in [0.717, 1.165) is 49.2 Å². The number of hydrogen-bond acceptors (Lipinski definition) is 4. The second-order valence-corrected chi connectivity index (χ2v) is 10.1. The highest BCUT2D eigenvalue weighted by molar-refractivity contribution is 7.89. The quantitative estimate of drug-likeness (QED) is 0.736. The molecule has 2 aliphatic heterocycles. The minimum atomic E-state index is -3.43. The molecule has 0 aromatic heterocycles. The number of sulfonamides is 1. The van der Waals surface area contributed by atoms with E-state index in [1.54, 1.807) is 16.4 Å². The Morgan fingerprint density at radius 3 is 2.03 bits per heavy atom. The highest BCUT2D eigenvalue weighted by atomic mass is 32.2. The van der Waals surface area contributed by atoms with Crippen LogP contribution in [0.25, 0.3) is 0 Å². The summed E-state index contributed by atoms with van der Waals surface area (Å²) in [4.78, 5) is 17.0. The highest BCUT2D eigenvalue weighted by Gasteiger charge is 2.28. The highest BCUT2D eigenvalue weighted by Crippen LogP contribution is 2.19. The van der Waals surface area contributed by atoms with Crippen molar-refractivity contribution in [1.82, 2.24) is 14.1 Å². The topological polar surface area (TPSA) is 60.9 Å². The van der Waals surface area contributed by atoms with Crippen molar-refractivity contribution in [3.8, 4) is 0 Å². The number of carbonyl (C=O) groups is 1. The van der Waals surface area contributed by atoms with E-state index >= 15 is 0 Å². The van der Waals surface area contributed by atoms with Crippen molar-refractivity contribution in [1.29, 1.82) is 0 Å². The van der Waals surface area contributed by atoms with E-state index in [-0.39, 0.29) is 5.91 Å². The smallest absolute Gasteiger partial charge is 0.253 e. The van der Waals surface area contributed by atoms with E-state index in [1.807, 2.05) is 48.2 Å². The molecule has 1 amide bonds. The number of benzene rings is 2. The summed E-state index contributed by atoms with van der Waals surface area (Å²) < 4.78 is 27.3. The minimum Gasteiger partial charge on any atom is -0.339 e. The van der Waals surface area contributed by atoms with Crippen LogP contribution in [-0.2, 0) is 16.6 Å². The number of amides is 1. The van der Waals surface area contributed by atoms with Crippen molar-refractivity contribution in [3.63, 3.8) is 0 Å². The van der Waals surface area contributed by atoms with Crippen LogP contribution < -0.4 is 0 Å². The van der Waals surface area contributed by atoms with Crippen LogP contribution in [0.3, 0.4) is 0 Å². The Morgan fingerprint density at radius 1 is 0.833 bits per heavy atom. The van der Waals surface area contributed by atoms with E-state index in [1.165, 1.54) is 0 Å². The van der Waals surface area contributed by atoms with Crippen LogP contribution in [0, 0.1) is 6.92 Å². The first-order chi connectivity index (χ1) is 14.4. The number of piperazine rings is 1. The molecule has 2 saturated heterocycles. The molecule has 0 radical (unpaired) electrons. The van der Waals surface area contributed by atoms with Gasteiger partial charge in [0.15, 0.2) is 0 Å². The number of hydrogen-bond donors (Lipinski definition) is 0. The zero-order valence-electron chi connectivity index (χ0n) is 17.5. The van der Waals surface area contributed by atoms with Crippen molar-refractivity contribution < 1.29 is 13.2 Å². The van der Waals surface area contributed by atoms with Crippen molar-refractivity contribution in [2.75, 3.05) is 39.3 Å². The van der Waals surface area contributed by atoms with Gasteiger partial charge in [-0.25, -0.2) is 8.42 Å². The number of nitrogens with zero attached hydrogens (tertiary/aromatic N) is 3. The van der Waals surface area contributed by atoms with Gasteiger partial charge < -0.3 is 4.90 Å². The van der Waals surface area contributed by atoms with E-state index in [0.29, 0.717) is 31.1 Å². The van der Waals surface area contributed by atoms with E-state index < -0.39 is 10.0 Å². The molecule has 0 atom stereocenters. The molecule has 0 saturated carbocycles. The Bertz CT molecular complexity index is 973. The Morgan fingerprint density at radius 2 is 1.43 bits per heavy atom. The van der Waals surface area contributed by atoms with Crippen LogP contribution in [-0.4, -0.2) is 67.7 Å². The molecule has 4 rings (SSSR count). The molecular weight excluding hydrogens is 398 g/mol. The van der Waals surface area contributed by atoms with Crippen molar-refractivity contribution in [3.05, 3.63) is 65.2 Å². The molecule has 0 bridgehead atoms. The summed E-state index contributed by atoms with van der Waals surface area (Å²) in [6.07, 6.45) is 2.19. The van der Waals surface area contributed by atoms with Crippen LogP contribution in [0.1, 0.15) is 34.3 Å². The molecule has 0 N–H and O–H groups in total. The van der Waals surface area contributed by atoms with Gasteiger partial charge in [-0.1, -0.05) is 29.8 Å². The molecule has 6 nitrogen and oxygen atoms in total. The largest absolute Gasteiger partial charge is 0.339 e. The van der Waals surface area contributed by atoms with Gasteiger partial charge in [-0.15, -0.1) is 0 Å². The standard InChI is InChI=1S/C23H29N3O3S/c1-19-4-10-22(11-5-19)30(28,29)26-16-14-24(15-17-26)18-20-6-8-21(9-7-20)23(27)25-12-2-3-13-25/h4-11H,2-3,12-18H2,1H3. The maximum atomic E-state index is 12.8. The molecule has 2 fully saturated rings. The summed E-state index contributed by atoms with van der Waals surface area (Å²) in [6.45, 7) is 6.79. The van der Waals surface area contributed by atoms with E-state index in [2.05, 4.69) is 4.90 Å². The van der Waals surface area contributed by atoms with E-state index in [9.17, 15) is 13.2 Å². The third-order valence-electron chi connectivity index (χ3n) is 5.99. The second-order valence-electron chi connectivity index (χ2n) is 8.19. The average Bonchev–Trinajstić information content (AvgIpc) is 3.29. The van der Waals surface area contributed by atoms with Crippen LogP contribution in [0.15, 0.2) is 53.4 Å². The third kappa shape index (κ3) is 4.58. The van der Waals surface area contributed by atoms with E-state index in [4.69, 9.17) is 0 Å². The summed E-state index contributed by atoms with van der Waals surface area (Å²) in [7, 11) is -3.43. The molecule has 7 heteroatoms. The first-order valence-corrected chi connectivity index (χ1v) is 12.0. The maximum Gasteiger partial charge on any atom is 0.253 e. The van der Waals surface area contributed by atoms with Gasteiger partial charge in [0, 0.05) is 51.4 Å². The summed E-state index contributed by atoms with van der Waals surface area (Å²) in [5.41, 5.74) is 2.93. The SMILES string of the molecule is Cc1ccc(S(=O)(=O)N2CCN(Cc3ccc(C(=O)N4CCCC4)cc3)CC2)cc1. The predicted molar refractivity (Wildman–Crippen MR) is 117 cm³/mol. The van der Waals surface area contributed by atoms with Crippen LogP contribution in [0.2, 0.25) is 0 Å². The molecule has 2 aromatic rings. The molecule has 2 aliphatic rings. The molecule has 2 aromatic carbocycles. The maximum absolute atomic E-state index is 12.8. The van der Waals surface area contributed by atoms with Gasteiger partial charge >= 0.3 is 0 Å². The van der Waals surface area contributed by atoms with Gasteiger partial charge in [0.25, 0.3) is 5.91 Å². The molecule has 0 spiro atoms. The number of rotatable bonds is 5.